The third kappa shape index (κ3) is 5.91. The molecule has 0 aromatic rings. The Balaban J connectivity index is 2.42. The summed E-state index contributed by atoms with van der Waals surface area (Å²) in [7, 11) is 0. The van der Waals surface area contributed by atoms with Crippen LogP contribution in [0.5, 0.6) is 0 Å². The Bertz CT molecular complexity index is 409. The number of aliphatic carboxylic acids is 1. The largest absolute Gasteiger partial charge is 0.480 e. The quantitative estimate of drug-likeness (QED) is 0.618. The normalized spacial score (nSPS) is 16.0. The van der Waals surface area contributed by atoms with Gasteiger partial charge in [0, 0.05) is 5.54 Å². The molecule has 1 N–H and O–H groups in total. The molecule has 1 rings (SSSR count). The molecule has 7 nitrogen and oxygen atoms in total. The van der Waals surface area contributed by atoms with Crippen LogP contribution < -0.4 is 0 Å². The molecule has 0 unspecified atom stereocenters. The second-order valence-electron chi connectivity index (χ2n) is 6.48. The Labute approximate surface area is 130 Å². The number of ether oxygens (including phenoxy) is 2. The summed E-state index contributed by atoms with van der Waals surface area (Å²) in [6.45, 7) is 4.14. The number of hydrogen-bond donors (Lipinski definition) is 1. The molecule has 1 amide bonds. The molecule has 0 saturated heterocycles. The van der Waals surface area contributed by atoms with Gasteiger partial charge in [-0.2, -0.15) is 0 Å². The van der Waals surface area contributed by atoms with Crippen LogP contribution in [-0.4, -0.2) is 46.9 Å². The zero-order valence-electron chi connectivity index (χ0n) is 13.5. The highest BCUT2D eigenvalue weighted by Gasteiger charge is 2.30. The van der Waals surface area contributed by atoms with E-state index in [1.807, 2.05) is 0 Å². The van der Waals surface area contributed by atoms with Crippen molar-refractivity contribution in [2.24, 2.45) is 5.92 Å². The summed E-state index contributed by atoms with van der Waals surface area (Å²) in [6, 6.07) is 0. The Morgan fingerprint density at radius 1 is 1.09 bits per heavy atom. The number of amides is 1. The molecule has 22 heavy (non-hydrogen) atoms. The summed E-state index contributed by atoms with van der Waals surface area (Å²) in [5.41, 5.74) is -0.706. The zero-order chi connectivity index (χ0) is 16.8. The lowest BCUT2D eigenvalue weighted by Crippen LogP contribution is -2.48. The van der Waals surface area contributed by atoms with Crippen molar-refractivity contribution in [2.45, 2.75) is 58.4 Å². The smallest absolute Gasteiger partial charge is 0.413 e. The van der Waals surface area contributed by atoms with Crippen LogP contribution in [0.2, 0.25) is 0 Å². The molecular weight excluding hydrogens is 290 g/mol. The van der Waals surface area contributed by atoms with Crippen molar-refractivity contribution < 1.29 is 29.0 Å². The number of esters is 1. The molecule has 126 valence electrons. The first-order chi connectivity index (χ1) is 10.2. The highest BCUT2D eigenvalue weighted by atomic mass is 16.7. The van der Waals surface area contributed by atoms with Gasteiger partial charge in [0.1, 0.15) is 6.54 Å². The summed E-state index contributed by atoms with van der Waals surface area (Å²) < 4.78 is 9.84. The lowest BCUT2D eigenvalue weighted by molar-refractivity contribution is -0.159. The fourth-order valence-corrected chi connectivity index (χ4v) is 2.38. The monoisotopic (exact) mass is 315 g/mol. The summed E-state index contributed by atoms with van der Waals surface area (Å²) in [4.78, 5) is 35.6. The van der Waals surface area contributed by atoms with E-state index in [9.17, 15) is 14.4 Å². The molecule has 0 aliphatic heterocycles. The molecule has 0 heterocycles. The number of nitrogens with zero attached hydrogens (tertiary/aromatic N) is 1. The molecule has 1 saturated carbocycles. The predicted octanol–water partition coefficient (Wildman–Crippen LogP) is 2.39. The lowest BCUT2D eigenvalue weighted by atomic mass is 9.89. The van der Waals surface area contributed by atoms with E-state index < -0.39 is 30.9 Å². The zero-order valence-corrected chi connectivity index (χ0v) is 13.5. The van der Waals surface area contributed by atoms with Gasteiger partial charge in [-0.25, -0.2) is 4.79 Å². The van der Waals surface area contributed by atoms with Crippen LogP contribution in [0.3, 0.4) is 0 Å². The number of carbonyl (C=O) groups excluding carboxylic acids is 2. The van der Waals surface area contributed by atoms with Gasteiger partial charge in [-0.15, -0.1) is 0 Å². The standard InChI is InChI=1S/C15H25NO6/c1-15(2,3)16(9-12(17)18)14(20)22-10-21-13(19)11-7-5-4-6-8-11/h11H,4-10H2,1-3H3,(H,17,18). The molecule has 0 aromatic heterocycles. The van der Waals surface area contributed by atoms with E-state index in [-0.39, 0.29) is 11.9 Å². The fourth-order valence-electron chi connectivity index (χ4n) is 2.38. The van der Waals surface area contributed by atoms with Gasteiger partial charge in [-0.05, 0) is 33.6 Å². The van der Waals surface area contributed by atoms with Crippen molar-refractivity contribution in [1.82, 2.24) is 4.90 Å². The predicted molar refractivity (Wildman–Crippen MR) is 78.1 cm³/mol. The summed E-state index contributed by atoms with van der Waals surface area (Å²) >= 11 is 0. The number of carboxylic acids is 1. The molecule has 0 radical (unpaired) electrons. The van der Waals surface area contributed by atoms with Crippen molar-refractivity contribution >= 4 is 18.0 Å². The molecule has 0 aromatic carbocycles. The van der Waals surface area contributed by atoms with Crippen LogP contribution in [0.25, 0.3) is 0 Å². The highest BCUT2D eigenvalue weighted by Crippen LogP contribution is 2.24. The molecular formula is C15H25NO6. The van der Waals surface area contributed by atoms with E-state index in [0.717, 1.165) is 37.0 Å². The van der Waals surface area contributed by atoms with E-state index in [1.165, 1.54) is 0 Å². The van der Waals surface area contributed by atoms with Crippen LogP contribution in [0.15, 0.2) is 0 Å². The number of carboxylic acid groups (broad SMARTS) is 1. The van der Waals surface area contributed by atoms with Crippen LogP contribution >= 0.6 is 0 Å². The van der Waals surface area contributed by atoms with Gasteiger partial charge >= 0.3 is 18.0 Å². The Hall–Kier alpha value is -1.79. The molecule has 0 bridgehead atoms. The van der Waals surface area contributed by atoms with Crippen LogP contribution in [0, 0.1) is 5.92 Å². The van der Waals surface area contributed by atoms with Gasteiger partial charge in [-0.1, -0.05) is 19.3 Å². The van der Waals surface area contributed by atoms with Crippen molar-refractivity contribution in [3.63, 3.8) is 0 Å². The van der Waals surface area contributed by atoms with Gasteiger partial charge in [0.25, 0.3) is 0 Å². The second kappa shape index (κ2) is 8.00. The number of rotatable bonds is 5. The first kappa shape index (κ1) is 18.3. The number of hydrogen-bond acceptors (Lipinski definition) is 5. The van der Waals surface area contributed by atoms with Crippen molar-refractivity contribution in [3.05, 3.63) is 0 Å². The maximum absolute atomic E-state index is 11.9. The Morgan fingerprint density at radius 2 is 1.68 bits per heavy atom. The van der Waals surface area contributed by atoms with Gasteiger partial charge in [-0.3, -0.25) is 14.5 Å². The van der Waals surface area contributed by atoms with Gasteiger partial charge in [0.2, 0.25) is 6.79 Å². The fraction of sp³-hybridized carbons (Fsp3) is 0.800. The first-order valence-electron chi connectivity index (χ1n) is 7.54. The minimum Gasteiger partial charge on any atom is -0.480 e. The first-order valence-corrected chi connectivity index (χ1v) is 7.54. The van der Waals surface area contributed by atoms with Gasteiger partial charge in [0.15, 0.2) is 0 Å². The maximum atomic E-state index is 11.9. The Kier molecular flexibility index (Phi) is 6.64. The summed E-state index contributed by atoms with van der Waals surface area (Å²) in [6.07, 6.45) is 3.95. The minimum atomic E-state index is -1.13. The topological polar surface area (TPSA) is 93.1 Å². The maximum Gasteiger partial charge on any atom is 0.413 e. The highest BCUT2D eigenvalue weighted by molar-refractivity contribution is 5.77. The third-order valence-corrected chi connectivity index (χ3v) is 3.65. The summed E-state index contributed by atoms with van der Waals surface area (Å²) in [5.74, 6) is -1.61. The lowest BCUT2D eigenvalue weighted by Gasteiger charge is -2.33. The second-order valence-corrected chi connectivity index (χ2v) is 6.48. The molecule has 7 heteroatoms. The van der Waals surface area contributed by atoms with Gasteiger partial charge < -0.3 is 14.6 Å². The molecule has 1 aliphatic rings. The molecule has 0 spiro atoms. The van der Waals surface area contributed by atoms with E-state index in [4.69, 9.17) is 14.6 Å². The van der Waals surface area contributed by atoms with E-state index >= 15 is 0 Å². The summed E-state index contributed by atoms with van der Waals surface area (Å²) in [5, 5.41) is 8.85. The number of carbonyl (C=O) groups is 3. The molecule has 1 fully saturated rings. The van der Waals surface area contributed by atoms with Crippen molar-refractivity contribution in [2.75, 3.05) is 13.3 Å². The average Bonchev–Trinajstić information content (AvgIpc) is 2.44. The Morgan fingerprint density at radius 3 is 2.18 bits per heavy atom. The van der Waals surface area contributed by atoms with Crippen molar-refractivity contribution in [1.29, 1.82) is 0 Å². The van der Waals surface area contributed by atoms with Crippen LogP contribution in [-0.2, 0) is 19.1 Å². The third-order valence-electron chi connectivity index (χ3n) is 3.65. The van der Waals surface area contributed by atoms with E-state index in [0.29, 0.717) is 0 Å². The van der Waals surface area contributed by atoms with Gasteiger partial charge in [0.05, 0.1) is 5.92 Å². The van der Waals surface area contributed by atoms with Crippen LogP contribution in [0.1, 0.15) is 52.9 Å². The minimum absolute atomic E-state index is 0.120. The van der Waals surface area contributed by atoms with E-state index in [1.54, 1.807) is 20.8 Å². The average molecular weight is 315 g/mol. The molecule has 0 atom stereocenters. The van der Waals surface area contributed by atoms with Crippen LogP contribution in [0.4, 0.5) is 4.79 Å². The molecule has 1 aliphatic carbocycles. The SMILES string of the molecule is CC(C)(C)N(CC(=O)O)C(=O)OCOC(=O)C1CCCCC1. The van der Waals surface area contributed by atoms with E-state index in [2.05, 4.69) is 0 Å². The van der Waals surface area contributed by atoms with Crippen molar-refractivity contribution in [3.8, 4) is 0 Å².